The number of carboxylic acids is 1. The summed E-state index contributed by atoms with van der Waals surface area (Å²) >= 11 is 0. The van der Waals surface area contributed by atoms with Crippen LogP contribution in [-0.4, -0.2) is 26.7 Å². The molecular weight excluding hydrogens is 418 g/mol. The number of halogens is 4. The molecule has 1 unspecified atom stereocenters. The highest BCUT2D eigenvalue weighted by atomic mass is 19.2. The second-order valence-corrected chi connectivity index (χ2v) is 7.22. The van der Waals surface area contributed by atoms with E-state index in [-0.39, 0.29) is 28.8 Å². The molecule has 1 heterocycles. The number of nitrogens with zero attached hydrogens (tertiary/aromatic N) is 1. The topological polar surface area (TPSA) is 79.5 Å². The molecule has 0 spiro atoms. The van der Waals surface area contributed by atoms with Crippen molar-refractivity contribution >= 4 is 22.8 Å². The number of aliphatic carboxylic acids is 1. The van der Waals surface area contributed by atoms with Crippen molar-refractivity contribution in [3.63, 3.8) is 0 Å². The van der Waals surface area contributed by atoms with Gasteiger partial charge in [-0.3, -0.25) is 14.2 Å². The van der Waals surface area contributed by atoms with Gasteiger partial charge in [0.05, 0.1) is 11.4 Å². The Morgan fingerprint density at radius 1 is 1.06 bits per heavy atom. The lowest BCUT2D eigenvalue weighted by Crippen LogP contribution is -2.16. The molecule has 0 aliphatic heterocycles. The number of unbranched alkanes of at least 4 members (excludes halogenated alkanes) is 1. The summed E-state index contributed by atoms with van der Waals surface area (Å²) in [4.78, 5) is 25.0. The molecule has 0 aliphatic rings. The van der Waals surface area contributed by atoms with Crippen LogP contribution in [0.15, 0.2) is 24.3 Å². The molecule has 0 radical (unpaired) electrons. The minimum atomic E-state index is -1.40. The Kier molecular flexibility index (Phi) is 6.06. The minimum Gasteiger partial charge on any atom is -0.503 e. The monoisotopic (exact) mass is 437 g/mol. The number of aromatic hydroxyl groups is 1. The number of carboxylic acid groups (broad SMARTS) is 1. The molecule has 5 nitrogen and oxygen atoms in total. The number of hydrogen-bond acceptors (Lipinski definition) is 3. The van der Waals surface area contributed by atoms with Crippen LogP contribution in [0.4, 0.5) is 17.6 Å². The fraction of sp³-hybridized carbons (Fsp3) is 0.273. The maximum atomic E-state index is 14.9. The minimum absolute atomic E-state index is 0.00265. The third-order valence-corrected chi connectivity index (χ3v) is 5.27. The van der Waals surface area contributed by atoms with E-state index < -0.39 is 52.2 Å². The molecule has 3 rings (SSSR count). The molecule has 0 amide bonds. The summed E-state index contributed by atoms with van der Waals surface area (Å²) in [6.45, 7) is 3.19. The molecule has 3 aromatic rings. The molecule has 1 aromatic heterocycles. The normalized spacial score (nSPS) is 12.3. The highest BCUT2D eigenvalue weighted by molar-refractivity contribution is 6.05. The lowest BCUT2D eigenvalue weighted by molar-refractivity contribution is -0.139. The van der Waals surface area contributed by atoms with Gasteiger partial charge in [-0.15, -0.1) is 0 Å². The van der Waals surface area contributed by atoms with Gasteiger partial charge in [0.1, 0.15) is 0 Å². The van der Waals surface area contributed by atoms with E-state index in [9.17, 15) is 37.4 Å². The number of phenolic OH excluding ortho intramolecular Hbond substituents is 1. The maximum Gasteiger partial charge on any atom is 0.311 e. The van der Waals surface area contributed by atoms with E-state index in [4.69, 9.17) is 0 Å². The fourth-order valence-corrected chi connectivity index (χ4v) is 3.76. The van der Waals surface area contributed by atoms with Crippen LogP contribution in [-0.2, 0) is 4.79 Å². The third kappa shape index (κ3) is 3.75. The SMILES string of the molecule is CCCCC(C(=O)O)c1c(C)n(C(=O)c2ccc(F)c(F)c2)c2cc(F)c(O)c(F)c12. The van der Waals surface area contributed by atoms with E-state index in [1.54, 1.807) is 0 Å². The van der Waals surface area contributed by atoms with Crippen molar-refractivity contribution in [1.82, 2.24) is 4.57 Å². The number of hydrogen-bond donors (Lipinski definition) is 2. The second-order valence-electron chi connectivity index (χ2n) is 7.22. The molecular formula is C22H19F4NO4. The summed E-state index contributed by atoms with van der Waals surface area (Å²) in [5, 5.41) is 19.1. The van der Waals surface area contributed by atoms with Gasteiger partial charge < -0.3 is 10.2 Å². The summed E-state index contributed by atoms with van der Waals surface area (Å²) in [5.41, 5.74) is -0.714. The highest BCUT2D eigenvalue weighted by Gasteiger charge is 2.32. The highest BCUT2D eigenvalue weighted by Crippen LogP contribution is 2.40. The average molecular weight is 437 g/mol. The van der Waals surface area contributed by atoms with Gasteiger partial charge in [0.15, 0.2) is 29.0 Å². The van der Waals surface area contributed by atoms with Gasteiger partial charge in [-0.05, 0) is 37.1 Å². The molecule has 0 saturated heterocycles. The van der Waals surface area contributed by atoms with E-state index in [1.807, 2.05) is 6.92 Å². The molecule has 0 fully saturated rings. The Balaban J connectivity index is 2.36. The van der Waals surface area contributed by atoms with E-state index in [0.717, 1.165) is 16.7 Å². The van der Waals surface area contributed by atoms with Crippen molar-refractivity contribution in [2.75, 3.05) is 0 Å². The van der Waals surface area contributed by atoms with E-state index in [2.05, 4.69) is 0 Å². The third-order valence-electron chi connectivity index (χ3n) is 5.27. The van der Waals surface area contributed by atoms with Crippen LogP contribution < -0.4 is 0 Å². The van der Waals surface area contributed by atoms with Crippen molar-refractivity contribution < 1.29 is 37.4 Å². The zero-order valence-corrected chi connectivity index (χ0v) is 16.7. The van der Waals surface area contributed by atoms with Gasteiger partial charge in [-0.2, -0.15) is 0 Å². The first kappa shape index (κ1) is 22.3. The Labute approximate surface area is 174 Å². The molecule has 164 valence electrons. The van der Waals surface area contributed by atoms with Gasteiger partial charge in [0.25, 0.3) is 5.91 Å². The van der Waals surface area contributed by atoms with Crippen LogP contribution in [0, 0.1) is 30.2 Å². The average Bonchev–Trinajstić information content (AvgIpc) is 2.99. The van der Waals surface area contributed by atoms with Crippen molar-refractivity contribution in [2.24, 2.45) is 0 Å². The molecule has 1 atom stereocenters. The number of aromatic nitrogens is 1. The van der Waals surface area contributed by atoms with Gasteiger partial charge in [-0.25, -0.2) is 17.6 Å². The number of phenols is 1. The zero-order chi connectivity index (χ0) is 23.0. The second kappa shape index (κ2) is 8.41. The fourth-order valence-electron chi connectivity index (χ4n) is 3.76. The van der Waals surface area contributed by atoms with Crippen molar-refractivity contribution in [3.05, 3.63) is 64.4 Å². The lowest BCUT2D eigenvalue weighted by Gasteiger charge is -2.14. The molecule has 0 bridgehead atoms. The molecule has 2 N–H and O–H groups in total. The van der Waals surface area contributed by atoms with Crippen LogP contribution in [0.5, 0.6) is 5.75 Å². The summed E-state index contributed by atoms with van der Waals surface area (Å²) < 4.78 is 56.9. The summed E-state index contributed by atoms with van der Waals surface area (Å²) in [6, 6.07) is 3.09. The number of rotatable bonds is 6. The molecule has 0 aliphatic carbocycles. The quantitative estimate of drug-likeness (QED) is 0.516. The van der Waals surface area contributed by atoms with Gasteiger partial charge >= 0.3 is 5.97 Å². The van der Waals surface area contributed by atoms with Crippen molar-refractivity contribution in [1.29, 1.82) is 0 Å². The molecule has 31 heavy (non-hydrogen) atoms. The van der Waals surface area contributed by atoms with Crippen molar-refractivity contribution in [3.8, 4) is 5.75 Å². The smallest absolute Gasteiger partial charge is 0.311 e. The van der Waals surface area contributed by atoms with Crippen LogP contribution in [0.25, 0.3) is 10.9 Å². The summed E-state index contributed by atoms with van der Waals surface area (Å²) in [6.07, 6.45) is 1.25. The number of fused-ring (bicyclic) bond motifs is 1. The molecule has 2 aromatic carbocycles. The Bertz CT molecular complexity index is 1200. The largest absolute Gasteiger partial charge is 0.503 e. The predicted molar refractivity (Wildman–Crippen MR) is 104 cm³/mol. The van der Waals surface area contributed by atoms with Crippen LogP contribution in [0.3, 0.4) is 0 Å². The van der Waals surface area contributed by atoms with Crippen molar-refractivity contribution in [2.45, 2.75) is 39.0 Å². The Hall–Kier alpha value is -3.36. The standard InChI is InChI=1S/C22H19F4NO4/c1-3-4-5-12(22(30)31)17-10(2)27(16-9-15(25)20(28)19(26)18(16)17)21(29)11-6-7-13(23)14(24)8-11/h6-9,12,28H,3-5H2,1-2H3,(H,30,31). The van der Waals surface area contributed by atoms with E-state index in [0.29, 0.717) is 25.0 Å². The first-order valence-corrected chi connectivity index (χ1v) is 9.54. The first-order valence-electron chi connectivity index (χ1n) is 9.54. The van der Waals surface area contributed by atoms with Crippen LogP contribution in [0.1, 0.15) is 53.7 Å². The van der Waals surface area contributed by atoms with E-state index >= 15 is 0 Å². The van der Waals surface area contributed by atoms with Gasteiger partial charge in [0.2, 0.25) is 0 Å². The van der Waals surface area contributed by atoms with Gasteiger partial charge in [0, 0.05) is 22.7 Å². The van der Waals surface area contributed by atoms with Gasteiger partial charge in [-0.1, -0.05) is 19.8 Å². The lowest BCUT2D eigenvalue weighted by atomic mass is 9.91. The predicted octanol–water partition coefficient (Wildman–Crippen LogP) is 5.26. The first-order chi connectivity index (χ1) is 14.6. The number of carbonyl (C=O) groups excluding carboxylic acids is 1. The Morgan fingerprint density at radius 3 is 2.32 bits per heavy atom. The summed E-state index contributed by atoms with van der Waals surface area (Å²) in [5.74, 6) is -9.97. The summed E-state index contributed by atoms with van der Waals surface area (Å²) in [7, 11) is 0. The number of benzene rings is 2. The zero-order valence-electron chi connectivity index (χ0n) is 16.7. The maximum absolute atomic E-state index is 14.9. The molecule has 9 heteroatoms. The van der Waals surface area contributed by atoms with E-state index in [1.165, 1.54) is 6.92 Å². The van der Waals surface area contributed by atoms with Crippen LogP contribution in [0.2, 0.25) is 0 Å². The Morgan fingerprint density at radius 2 is 1.74 bits per heavy atom. The molecule has 0 saturated carbocycles. The van der Waals surface area contributed by atoms with Crippen LogP contribution >= 0.6 is 0 Å². The number of carbonyl (C=O) groups is 2.